The second-order valence-electron chi connectivity index (χ2n) is 5.67. The highest BCUT2D eigenvalue weighted by atomic mass is 15.2. The van der Waals surface area contributed by atoms with Crippen LogP contribution in [0.15, 0.2) is 0 Å². The fourth-order valence-corrected chi connectivity index (χ4v) is 2.66. The third kappa shape index (κ3) is 1.96. The van der Waals surface area contributed by atoms with Crippen molar-refractivity contribution in [2.75, 3.05) is 6.54 Å². The molecule has 1 aliphatic carbocycles. The van der Waals surface area contributed by atoms with Crippen molar-refractivity contribution in [2.45, 2.75) is 70.6 Å². The second-order valence-corrected chi connectivity index (χ2v) is 5.67. The van der Waals surface area contributed by atoms with E-state index in [1.165, 1.54) is 25.8 Å². The molecule has 1 saturated heterocycles. The van der Waals surface area contributed by atoms with Gasteiger partial charge in [-0.3, -0.25) is 4.90 Å². The number of nitrogens with zero attached hydrogens (tertiary/aromatic N) is 1. The van der Waals surface area contributed by atoms with Gasteiger partial charge in [0.15, 0.2) is 0 Å². The van der Waals surface area contributed by atoms with E-state index in [0.717, 1.165) is 6.04 Å². The van der Waals surface area contributed by atoms with Crippen LogP contribution in [0.1, 0.15) is 47.0 Å². The van der Waals surface area contributed by atoms with E-state index in [9.17, 15) is 0 Å². The van der Waals surface area contributed by atoms with Gasteiger partial charge >= 0.3 is 0 Å². The molecule has 2 rings (SSSR count). The Bertz CT molecular complexity index is 208. The van der Waals surface area contributed by atoms with Crippen LogP contribution >= 0.6 is 0 Å². The first-order valence-corrected chi connectivity index (χ1v) is 6.05. The first-order valence-electron chi connectivity index (χ1n) is 6.05. The van der Waals surface area contributed by atoms with Crippen LogP contribution in [0, 0.1) is 0 Å². The minimum absolute atomic E-state index is 0.492. The van der Waals surface area contributed by atoms with Crippen LogP contribution in [-0.2, 0) is 0 Å². The molecule has 2 heteroatoms. The smallest absolute Gasteiger partial charge is 0.0238 e. The van der Waals surface area contributed by atoms with Crippen molar-refractivity contribution < 1.29 is 0 Å². The Balaban J connectivity index is 1.89. The molecule has 1 saturated carbocycles. The Hall–Kier alpha value is -0.0800. The maximum atomic E-state index is 3.82. The van der Waals surface area contributed by atoms with Crippen LogP contribution in [-0.4, -0.2) is 35.1 Å². The van der Waals surface area contributed by atoms with Crippen molar-refractivity contribution in [3.8, 4) is 0 Å². The van der Waals surface area contributed by atoms with Crippen molar-refractivity contribution in [3.63, 3.8) is 0 Å². The molecule has 0 radical (unpaired) electrons. The zero-order valence-electron chi connectivity index (χ0n) is 10.0. The lowest BCUT2D eigenvalue weighted by atomic mass is 10.1. The summed E-state index contributed by atoms with van der Waals surface area (Å²) in [5, 5.41) is 3.82. The van der Waals surface area contributed by atoms with Crippen LogP contribution in [0.2, 0.25) is 0 Å². The first kappa shape index (κ1) is 10.4. The molecule has 82 valence electrons. The molecule has 0 aromatic rings. The zero-order chi connectivity index (χ0) is 10.3. The van der Waals surface area contributed by atoms with Crippen LogP contribution in [0.5, 0.6) is 0 Å². The van der Waals surface area contributed by atoms with Gasteiger partial charge in [0, 0.05) is 30.2 Å². The molecule has 1 aliphatic heterocycles. The maximum absolute atomic E-state index is 3.82. The predicted molar refractivity (Wildman–Crippen MR) is 60.5 cm³/mol. The van der Waals surface area contributed by atoms with Gasteiger partial charge in [-0.1, -0.05) is 0 Å². The summed E-state index contributed by atoms with van der Waals surface area (Å²) in [4.78, 5) is 2.61. The zero-order valence-corrected chi connectivity index (χ0v) is 10.0. The summed E-state index contributed by atoms with van der Waals surface area (Å²) in [5.74, 6) is 0. The molecule has 1 heterocycles. The third-order valence-electron chi connectivity index (χ3n) is 4.00. The Morgan fingerprint density at radius 3 is 2.43 bits per heavy atom. The monoisotopic (exact) mass is 196 g/mol. The lowest BCUT2D eigenvalue weighted by Gasteiger charge is -2.30. The third-order valence-corrected chi connectivity index (χ3v) is 4.00. The highest BCUT2D eigenvalue weighted by Gasteiger charge is 2.42. The molecular weight excluding hydrogens is 172 g/mol. The summed E-state index contributed by atoms with van der Waals surface area (Å²) < 4.78 is 0. The molecule has 0 amide bonds. The van der Waals surface area contributed by atoms with Crippen molar-refractivity contribution in [2.24, 2.45) is 0 Å². The molecule has 1 N–H and O–H groups in total. The largest absolute Gasteiger partial charge is 0.307 e. The molecule has 2 nitrogen and oxygen atoms in total. The highest BCUT2D eigenvalue weighted by molar-refractivity contribution is 5.03. The minimum Gasteiger partial charge on any atom is -0.307 e. The number of rotatable bonds is 3. The van der Waals surface area contributed by atoms with Gasteiger partial charge in [-0.25, -0.2) is 0 Å². The molecule has 0 aromatic heterocycles. The quantitative estimate of drug-likeness (QED) is 0.742. The van der Waals surface area contributed by atoms with Gasteiger partial charge in [0.05, 0.1) is 0 Å². The average molecular weight is 196 g/mol. The minimum atomic E-state index is 0.492. The lowest BCUT2D eigenvalue weighted by Crippen LogP contribution is -2.46. The average Bonchev–Trinajstić information content (AvgIpc) is 2.70. The van der Waals surface area contributed by atoms with Gasteiger partial charge < -0.3 is 5.32 Å². The van der Waals surface area contributed by atoms with E-state index < -0.39 is 0 Å². The van der Waals surface area contributed by atoms with Gasteiger partial charge in [0.25, 0.3) is 0 Å². The normalized spacial score (nSPS) is 36.6. The summed E-state index contributed by atoms with van der Waals surface area (Å²) in [6, 6.07) is 2.14. The first-order chi connectivity index (χ1) is 6.52. The molecule has 2 fully saturated rings. The Kier molecular flexibility index (Phi) is 2.61. The van der Waals surface area contributed by atoms with E-state index in [1.807, 2.05) is 0 Å². The number of hydrogen-bond acceptors (Lipinski definition) is 2. The summed E-state index contributed by atoms with van der Waals surface area (Å²) in [7, 11) is 0. The van der Waals surface area contributed by atoms with E-state index in [2.05, 4.69) is 37.9 Å². The van der Waals surface area contributed by atoms with Crippen LogP contribution in [0.4, 0.5) is 0 Å². The number of likely N-dealkylation sites (tertiary alicyclic amines) is 1. The van der Waals surface area contributed by atoms with Gasteiger partial charge in [0.2, 0.25) is 0 Å². The second kappa shape index (κ2) is 3.49. The van der Waals surface area contributed by atoms with E-state index in [4.69, 9.17) is 0 Å². The van der Waals surface area contributed by atoms with Gasteiger partial charge in [-0.05, 0) is 47.0 Å². The number of nitrogens with one attached hydrogen (secondary N) is 1. The van der Waals surface area contributed by atoms with Gasteiger partial charge in [-0.2, -0.15) is 0 Å². The summed E-state index contributed by atoms with van der Waals surface area (Å²) in [6.45, 7) is 10.6. The molecule has 2 atom stereocenters. The molecule has 14 heavy (non-hydrogen) atoms. The standard InChI is InChI=1S/C12H24N2/c1-9(2)14-8-5-11(10(14)3)13-12(4)6-7-12/h9-11,13H,5-8H2,1-4H3. The molecule has 0 aromatic carbocycles. The van der Waals surface area contributed by atoms with Crippen LogP contribution in [0.3, 0.4) is 0 Å². The summed E-state index contributed by atoms with van der Waals surface area (Å²) >= 11 is 0. The SMILES string of the molecule is CC(C)N1CCC(NC2(C)CC2)C1C. The van der Waals surface area contributed by atoms with Crippen molar-refractivity contribution >= 4 is 0 Å². The van der Waals surface area contributed by atoms with Crippen LogP contribution < -0.4 is 5.32 Å². The Morgan fingerprint density at radius 1 is 1.36 bits per heavy atom. The fraction of sp³-hybridized carbons (Fsp3) is 1.00. The van der Waals surface area contributed by atoms with Crippen molar-refractivity contribution in [1.29, 1.82) is 0 Å². The summed E-state index contributed by atoms with van der Waals surface area (Å²) in [5.41, 5.74) is 0.492. The van der Waals surface area contributed by atoms with Gasteiger partial charge in [-0.15, -0.1) is 0 Å². The molecule has 0 bridgehead atoms. The molecule has 2 aliphatic rings. The van der Waals surface area contributed by atoms with E-state index >= 15 is 0 Å². The van der Waals surface area contributed by atoms with E-state index in [0.29, 0.717) is 17.6 Å². The fourth-order valence-electron chi connectivity index (χ4n) is 2.66. The highest BCUT2D eigenvalue weighted by Crippen LogP contribution is 2.36. The molecule has 0 spiro atoms. The topological polar surface area (TPSA) is 15.3 Å². The van der Waals surface area contributed by atoms with Crippen molar-refractivity contribution in [3.05, 3.63) is 0 Å². The molecule has 2 unspecified atom stereocenters. The molecular formula is C12H24N2. The maximum Gasteiger partial charge on any atom is 0.0238 e. The Morgan fingerprint density at radius 2 is 2.00 bits per heavy atom. The Labute approximate surface area is 88.1 Å². The van der Waals surface area contributed by atoms with E-state index in [-0.39, 0.29) is 0 Å². The van der Waals surface area contributed by atoms with E-state index in [1.54, 1.807) is 0 Å². The number of hydrogen-bond donors (Lipinski definition) is 1. The van der Waals surface area contributed by atoms with Gasteiger partial charge in [0.1, 0.15) is 0 Å². The summed E-state index contributed by atoms with van der Waals surface area (Å²) in [6.07, 6.45) is 4.07. The predicted octanol–water partition coefficient (Wildman–Crippen LogP) is 2.00. The lowest BCUT2D eigenvalue weighted by molar-refractivity contribution is 0.198. The van der Waals surface area contributed by atoms with Crippen LogP contribution in [0.25, 0.3) is 0 Å². The van der Waals surface area contributed by atoms with Crippen molar-refractivity contribution in [1.82, 2.24) is 10.2 Å².